The minimum atomic E-state index is 0. The second-order valence-corrected chi connectivity index (χ2v) is 8.16. The van der Waals surface area contributed by atoms with Crippen molar-refractivity contribution in [2.45, 2.75) is 37.9 Å². The second kappa shape index (κ2) is 9.66. The van der Waals surface area contributed by atoms with Crippen LogP contribution in [-0.4, -0.2) is 46.1 Å². The van der Waals surface area contributed by atoms with E-state index in [2.05, 4.69) is 52.3 Å². The number of hydrogen-bond acceptors (Lipinski definition) is 3. The molecule has 0 saturated carbocycles. The van der Waals surface area contributed by atoms with Gasteiger partial charge in [0.25, 0.3) is 0 Å². The zero-order chi connectivity index (χ0) is 16.8. The normalized spacial score (nSPS) is 20.5. The lowest BCUT2D eigenvalue weighted by Crippen LogP contribution is -2.39. The van der Waals surface area contributed by atoms with E-state index in [1.807, 2.05) is 18.2 Å². The first-order valence-corrected chi connectivity index (χ1v) is 9.77. The molecular weight excluding hydrogens is 445 g/mol. The molecule has 2 heterocycles. The van der Waals surface area contributed by atoms with Gasteiger partial charge in [-0.3, -0.25) is 4.99 Å². The Labute approximate surface area is 171 Å². The molecular formula is C18H28IN5S. The quantitative estimate of drug-likeness (QED) is 0.341. The van der Waals surface area contributed by atoms with Crippen molar-refractivity contribution in [3.8, 4) is 0 Å². The lowest BCUT2D eigenvalue weighted by Gasteiger charge is -2.21. The number of imidazole rings is 1. The van der Waals surface area contributed by atoms with Gasteiger partial charge in [-0.25, -0.2) is 4.98 Å². The topological polar surface area (TPSA) is 65.1 Å². The number of H-pyrrole nitrogens is 1. The Morgan fingerprint density at radius 2 is 2.20 bits per heavy atom. The van der Waals surface area contributed by atoms with E-state index in [0.29, 0.717) is 4.75 Å². The molecule has 2 aromatic rings. The Hall–Kier alpha value is -0.960. The number of aromatic nitrogens is 2. The Morgan fingerprint density at radius 1 is 1.36 bits per heavy atom. The molecule has 25 heavy (non-hydrogen) atoms. The summed E-state index contributed by atoms with van der Waals surface area (Å²) in [6, 6.07) is 8.14. The fraction of sp³-hybridized carbons (Fsp3) is 0.556. The van der Waals surface area contributed by atoms with E-state index < -0.39 is 0 Å². The van der Waals surface area contributed by atoms with Gasteiger partial charge in [-0.05, 0) is 44.6 Å². The maximum absolute atomic E-state index is 4.78. The predicted octanol–water partition coefficient (Wildman–Crippen LogP) is 3.56. The Bertz CT molecular complexity index is 661. The molecule has 0 spiro atoms. The summed E-state index contributed by atoms with van der Waals surface area (Å²) < 4.78 is 0.307. The molecule has 1 aliphatic rings. The second-order valence-electron chi connectivity index (χ2n) is 6.47. The highest BCUT2D eigenvalue weighted by atomic mass is 127. The van der Waals surface area contributed by atoms with Gasteiger partial charge in [-0.1, -0.05) is 12.1 Å². The van der Waals surface area contributed by atoms with Crippen molar-refractivity contribution >= 4 is 52.7 Å². The maximum atomic E-state index is 4.78. The minimum Gasteiger partial charge on any atom is -0.357 e. The largest absolute Gasteiger partial charge is 0.357 e. The van der Waals surface area contributed by atoms with Crippen molar-refractivity contribution < 1.29 is 0 Å². The summed E-state index contributed by atoms with van der Waals surface area (Å²) in [5.74, 6) is 3.18. The van der Waals surface area contributed by atoms with Gasteiger partial charge in [-0.2, -0.15) is 11.8 Å². The number of rotatable bonds is 6. The molecule has 0 radical (unpaired) electrons. The van der Waals surface area contributed by atoms with Crippen molar-refractivity contribution in [1.82, 2.24) is 20.6 Å². The highest BCUT2D eigenvalue weighted by Crippen LogP contribution is 2.37. The summed E-state index contributed by atoms with van der Waals surface area (Å²) in [4.78, 5) is 12.8. The molecule has 1 fully saturated rings. The number of aromatic amines is 1. The molecule has 3 rings (SSSR count). The zero-order valence-corrected chi connectivity index (χ0v) is 18.1. The lowest BCUT2D eigenvalue weighted by molar-refractivity contribution is 0.614. The van der Waals surface area contributed by atoms with E-state index in [1.165, 1.54) is 18.6 Å². The Morgan fingerprint density at radius 3 is 2.92 bits per heavy atom. The highest BCUT2D eigenvalue weighted by molar-refractivity contribution is 14.0. The SMILES string of the molecule is CCNC(=NCC1(C)CCCS1)NCCc1nc2ccccc2[nH]1.I. The molecule has 0 aliphatic carbocycles. The number of halogens is 1. The van der Waals surface area contributed by atoms with E-state index in [-0.39, 0.29) is 24.0 Å². The van der Waals surface area contributed by atoms with Crippen LogP contribution in [0.15, 0.2) is 29.3 Å². The van der Waals surface area contributed by atoms with Crippen LogP contribution < -0.4 is 10.6 Å². The van der Waals surface area contributed by atoms with Gasteiger partial charge in [-0.15, -0.1) is 24.0 Å². The van der Waals surface area contributed by atoms with Gasteiger partial charge in [0.15, 0.2) is 5.96 Å². The van der Waals surface area contributed by atoms with Gasteiger partial charge < -0.3 is 15.6 Å². The molecule has 1 aromatic carbocycles. The molecule has 1 saturated heterocycles. The molecule has 7 heteroatoms. The third-order valence-electron chi connectivity index (χ3n) is 4.31. The number of guanidine groups is 1. The van der Waals surface area contributed by atoms with Crippen molar-refractivity contribution in [2.75, 3.05) is 25.4 Å². The predicted molar refractivity (Wildman–Crippen MR) is 119 cm³/mol. The van der Waals surface area contributed by atoms with Crippen LogP contribution in [0.3, 0.4) is 0 Å². The number of para-hydroxylation sites is 2. The van der Waals surface area contributed by atoms with Crippen LogP contribution in [0.25, 0.3) is 11.0 Å². The maximum Gasteiger partial charge on any atom is 0.191 e. The monoisotopic (exact) mass is 473 g/mol. The van der Waals surface area contributed by atoms with Crippen LogP contribution in [0.1, 0.15) is 32.5 Å². The number of hydrogen-bond donors (Lipinski definition) is 3. The summed E-state index contributed by atoms with van der Waals surface area (Å²) in [6.07, 6.45) is 3.43. The average molecular weight is 473 g/mol. The first kappa shape index (κ1) is 20.4. The number of benzene rings is 1. The average Bonchev–Trinajstić information content (AvgIpc) is 3.19. The number of fused-ring (bicyclic) bond motifs is 1. The fourth-order valence-corrected chi connectivity index (χ4v) is 4.20. The first-order chi connectivity index (χ1) is 11.7. The molecule has 3 N–H and O–H groups in total. The first-order valence-electron chi connectivity index (χ1n) is 8.78. The van der Waals surface area contributed by atoms with Crippen LogP contribution in [-0.2, 0) is 6.42 Å². The summed E-state index contributed by atoms with van der Waals surface area (Å²) in [5, 5.41) is 6.76. The van der Waals surface area contributed by atoms with E-state index in [1.54, 1.807) is 0 Å². The molecule has 1 atom stereocenters. The van der Waals surface area contributed by atoms with Gasteiger partial charge in [0.2, 0.25) is 0 Å². The fourth-order valence-electron chi connectivity index (χ4n) is 2.97. The van der Waals surface area contributed by atoms with Crippen LogP contribution in [0.2, 0.25) is 0 Å². The van der Waals surface area contributed by atoms with Crippen LogP contribution in [0, 0.1) is 0 Å². The highest BCUT2D eigenvalue weighted by Gasteiger charge is 2.29. The number of nitrogens with zero attached hydrogens (tertiary/aromatic N) is 2. The summed E-state index contributed by atoms with van der Waals surface area (Å²) in [6.45, 7) is 6.99. The third-order valence-corrected chi connectivity index (χ3v) is 5.83. The number of nitrogens with one attached hydrogen (secondary N) is 3. The van der Waals surface area contributed by atoms with Crippen molar-refractivity contribution in [3.63, 3.8) is 0 Å². The smallest absolute Gasteiger partial charge is 0.191 e. The Kier molecular flexibility index (Phi) is 7.86. The number of thioether (sulfide) groups is 1. The van der Waals surface area contributed by atoms with Gasteiger partial charge in [0, 0.05) is 24.3 Å². The molecule has 5 nitrogen and oxygen atoms in total. The standard InChI is InChI=1S/C18H27N5S.HI/c1-3-19-17(21-13-18(2)10-6-12-24-18)20-11-9-16-22-14-7-4-5-8-15(14)23-16;/h4-5,7-8H,3,6,9-13H2,1-2H3,(H,22,23)(H2,19,20,21);1H. The summed E-state index contributed by atoms with van der Waals surface area (Å²) in [7, 11) is 0. The van der Waals surface area contributed by atoms with Crippen molar-refractivity contribution in [2.24, 2.45) is 4.99 Å². The van der Waals surface area contributed by atoms with E-state index in [9.17, 15) is 0 Å². The molecule has 0 amide bonds. The Balaban J connectivity index is 0.00000225. The molecule has 1 aromatic heterocycles. The van der Waals surface area contributed by atoms with E-state index in [4.69, 9.17) is 4.99 Å². The van der Waals surface area contributed by atoms with E-state index >= 15 is 0 Å². The molecule has 0 bridgehead atoms. The van der Waals surface area contributed by atoms with Crippen molar-refractivity contribution in [3.05, 3.63) is 30.1 Å². The third kappa shape index (κ3) is 5.77. The number of aliphatic imine (C=N–C) groups is 1. The lowest BCUT2D eigenvalue weighted by atomic mass is 10.1. The van der Waals surface area contributed by atoms with Gasteiger partial charge in [0.05, 0.1) is 17.6 Å². The van der Waals surface area contributed by atoms with Gasteiger partial charge in [0.1, 0.15) is 5.82 Å². The van der Waals surface area contributed by atoms with Crippen LogP contribution in [0.4, 0.5) is 0 Å². The molecule has 1 unspecified atom stereocenters. The van der Waals surface area contributed by atoms with Crippen LogP contribution in [0.5, 0.6) is 0 Å². The van der Waals surface area contributed by atoms with E-state index in [0.717, 1.165) is 48.9 Å². The van der Waals surface area contributed by atoms with Gasteiger partial charge >= 0.3 is 0 Å². The summed E-state index contributed by atoms with van der Waals surface area (Å²) >= 11 is 2.05. The summed E-state index contributed by atoms with van der Waals surface area (Å²) in [5.41, 5.74) is 2.12. The molecule has 138 valence electrons. The molecule has 1 aliphatic heterocycles. The zero-order valence-electron chi connectivity index (χ0n) is 15.0. The van der Waals surface area contributed by atoms with Crippen molar-refractivity contribution in [1.29, 1.82) is 0 Å². The minimum absolute atomic E-state index is 0. The van der Waals surface area contributed by atoms with Crippen LogP contribution >= 0.6 is 35.7 Å².